The van der Waals surface area contributed by atoms with Crippen LogP contribution >= 0.6 is 22.7 Å². The van der Waals surface area contributed by atoms with Crippen molar-refractivity contribution in [2.24, 2.45) is 0 Å². The molecule has 152 valence electrons. The molecule has 1 aromatic carbocycles. The van der Waals surface area contributed by atoms with E-state index >= 15 is 0 Å². The fraction of sp³-hybridized carbons (Fsp3) is 0.263. The third kappa shape index (κ3) is 4.44. The SMILES string of the molecule is Cc1cccc(N2CCN(C(=O)c3csc(NS(=O)(=O)c4cccs4)n3)CC2)c1. The number of nitrogens with zero attached hydrogens (tertiary/aromatic N) is 3. The van der Waals surface area contributed by atoms with Crippen molar-refractivity contribution >= 4 is 49.4 Å². The van der Waals surface area contributed by atoms with Crippen molar-refractivity contribution in [1.82, 2.24) is 9.88 Å². The van der Waals surface area contributed by atoms with E-state index in [1.165, 1.54) is 11.6 Å². The second kappa shape index (κ2) is 8.13. The molecule has 0 atom stereocenters. The second-order valence-corrected chi connectivity index (χ2v) is 10.4. The zero-order valence-electron chi connectivity index (χ0n) is 15.7. The average Bonchev–Trinajstić information content (AvgIpc) is 3.40. The van der Waals surface area contributed by atoms with Crippen LogP contribution in [0.3, 0.4) is 0 Å². The molecule has 3 heterocycles. The van der Waals surface area contributed by atoms with Gasteiger partial charge in [0.2, 0.25) is 0 Å². The minimum Gasteiger partial charge on any atom is -0.368 e. The van der Waals surface area contributed by atoms with E-state index < -0.39 is 10.0 Å². The summed E-state index contributed by atoms with van der Waals surface area (Å²) >= 11 is 2.24. The van der Waals surface area contributed by atoms with Gasteiger partial charge in [-0.3, -0.25) is 9.52 Å². The fourth-order valence-corrected chi connectivity index (χ4v) is 6.08. The molecule has 1 amide bonds. The fourth-order valence-electron chi connectivity index (χ4n) is 3.15. The van der Waals surface area contributed by atoms with Gasteiger partial charge in [0, 0.05) is 37.2 Å². The molecule has 7 nitrogen and oxygen atoms in total. The van der Waals surface area contributed by atoms with Crippen LogP contribution < -0.4 is 9.62 Å². The smallest absolute Gasteiger partial charge is 0.273 e. The molecule has 1 aliphatic heterocycles. The molecule has 0 radical (unpaired) electrons. The zero-order chi connectivity index (χ0) is 20.4. The third-order valence-corrected chi connectivity index (χ3v) is 8.26. The second-order valence-electron chi connectivity index (χ2n) is 6.69. The minimum atomic E-state index is -3.66. The summed E-state index contributed by atoms with van der Waals surface area (Å²) in [5.74, 6) is -0.174. The number of rotatable bonds is 5. The summed E-state index contributed by atoms with van der Waals surface area (Å²) in [5, 5.41) is 3.49. The molecule has 0 saturated carbocycles. The highest BCUT2D eigenvalue weighted by Gasteiger charge is 2.25. The van der Waals surface area contributed by atoms with Crippen LogP contribution in [-0.2, 0) is 10.0 Å². The van der Waals surface area contributed by atoms with Crippen LogP contribution in [0.5, 0.6) is 0 Å². The van der Waals surface area contributed by atoms with E-state index in [0.29, 0.717) is 13.1 Å². The molecular formula is C19H20N4O3S3. The predicted molar refractivity (Wildman–Crippen MR) is 117 cm³/mol. The maximum absolute atomic E-state index is 12.8. The quantitative estimate of drug-likeness (QED) is 0.648. The molecular weight excluding hydrogens is 428 g/mol. The number of aromatic nitrogens is 1. The average molecular weight is 449 g/mol. The number of carbonyl (C=O) groups is 1. The first-order chi connectivity index (χ1) is 13.9. The minimum absolute atomic E-state index is 0.174. The molecule has 0 spiro atoms. The van der Waals surface area contributed by atoms with Crippen molar-refractivity contribution in [3.63, 3.8) is 0 Å². The van der Waals surface area contributed by atoms with Crippen molar-refractivity contribution in [2.45, 2.75) is 11.1 Å². The molecule has 0 aliphatic carbocycles. The predicted octanol–water partition coefficient (Wildman–Crippen LogP) is 3.28. The number of aryl methyl sites for hydroxylation is 1. The number of sulfonamides is 1. The number of anilines is 2. The maximum Gasteiger partial charge on any atom is 0.273 e. The molecule has 1 aliphatic rings. The monoisotopic (exact) mass is 448 g/mol. The number of thiazole rings is 1. The van der Waals surface area contributed by atoms with E-state index in [9.17, 15) is 13.2 Å². The Morgan fingerprint density at radius 3 is 2.59 bits per heavy atom. The van der Waals surface area contributed by atoms with Gasteiger partial charge in [-0.15, -0.1) is 22.7 Å². The molecule has 10 heteroatoms. The summed E-state index contributed by atoms with van der Waals surface area (Å²) in [7, 11) is -3.66. The van der Waals surface area contributed by atoms with Crippen molar-refractivity contribution in [2.75, 3.05) is 35.8 Å². The maximum atomic E-state index is 12.8. The summed E-state index contributed by atoms with van der Waals surface area (Å²) in [4.78, 5) is 21.0. The van der Waals surface area contributed by atoms with Crippen molar-refractivity contribution < 1.29 is 13.2 Å². The summed E-state index contributed by atoms with van der Waals surface area (Å²) in [6, 6.07) is 11.5. The van der Waals surface area contributed by atoms with Gasteiger partial charge in [-0.2, -0.15) is 0 Å². The Balaban J connectivity index is 1.39. The van der Waals surface area contributed by atoms with Gasteiger partial charge in [-0.1, -0.05) is 18.2 Å². The lowest BCUT2D eigenvalue weighted by molar-refractivity contribution is 0.0742. The van der Waals surface area contributed by atoms with E-state index in [2.05, 4.69) is 39.7 Å². The third-order valence-electron chi connectivity index (χ3n) is 4.64. The van der Waals surface area contributed by atoms with Crippen LogP contribution in [0.4, 0.5) is 10.8 Å². The van der Waals surface area contributed by atoms with E-state index in [1.54, 1.807) is 21.7 Å². The van der Waals surface area contributed by atoms with Gasteiger partial charge in [0.05, 0.1) is 0 Å². The van der Waals surface area contributed by atoms with Gasteiger partial charge in [0.15, 0.2) is 5.13 Å². The summed E-state index contributed by atoms with van der Waals surface area (Å²) in [5.41, 5.74) is 2.64. The Kier molecular flexibility index (Phi) is 5.57. The normalized spacial score (nSPS) is 14.8. The van der Waals surface area contributed by atoms with Crippen LogP contribution in [0, 0.1) is 6.92 Å². The van der Waals surface area contributed by atoms with Gasteiger partial charge >= 0.3 is 0 Å². The van der Waals surface area contributed by atoms with Crippen molar-refractivity contribution in [1.29, 1.82) is 0 Å². The van der Waals surface area contributed by atoms with Gasteiger partial charge in [-0.05, 0) is 36.1 Å². The number of hydrogen-bond donors (Lipinski definition) is 1. The van der Waals surface area contributed by atoms with Crippen molar-refractivity contribution in [3.05, 3.63) is 58.4 Å². The number of piperazine rings is 1. The number of nitrogens with one attached hydrogen (secondary N) is 1. The zero-order valence-corrected chi connectivity index (χ0v) is 18.2. The molecule has 1 fully saturated rings. The van der Waals surface area contributed by atoms with Crippen LogP contribution in [0.2, 0.25) is 0 Å². The molecule has 1 saturated heterocycles. The van der Waals surface area contributed by atoms with Crippen LogP contribution in [-0.4, -0.2) is 50.4 Å². The van der Waals surface area contributed by atoms with Crippen LogP contribution in [0.25, 0.3) is 0 Å². The molecule has 4 rings (SSSR count). The summed E-state index contributed by atoms with van der Waals surface area (Å²) in [6.07, 6.45) is 0. The Labute approximate surface area is 177 Å². The van der Waals surface area contributed by atoms with Crippen molar-refractivity contribution in [3.8, 4) is 0 Å². The van der Waals surface area contributed by atoms with Gasteiger partial charge in [0.25, 0.3) is 15.9 Å². The Bertz CT molecular complexity index is 1100. The highest BCUT2D eigenvalue weighted by atomic mass is 32.2. The Morgan fingerprint density at radius 2 is 1.90 bits per heavy atom. The topological polar surface area (TPSA) is 82.6 Å². The lowest BCUT2D eigenvalue weighted by atomic mass is 10.2. The Morgan fingerprint density at radius 1 is 1.10 bits per heavy atom. The van der Waals surface area contributed by atoms with E-state index in [1.807, 2.05) is 6.07 Å². The molecule has 29 heavy (non-hydrogen) atoms. The number of hydrogen-bond acceptors (Lipinski definition) is 7. The largest absolute Gasteiger partial charge is 0.368 e. The van der Waals surface area contributed by atoms with Gasteiger partial charge in [-0.25, -0.2) is 13.4 Å². The number of carbonyl (C=O) groups excluding carboxylic acids is 1. The number of amides is 1. The molecule has 0 unspecified atom stereocenters. The van der Waals surface area contributed by atoms with E-state index in [4.69, 9.17) is 0 Å². The van der Waals surface area contributed by atoms with Gasteiger partial charge < -0.3 is 9.80 Å². The Hall–Kier alpha value is -2.43. The highest BCUT2D eigenvalue weighted by Crippen LogP contribution is 2.24. The molecule has 3 aromatic rings. The highest BCUT2D eigenvalue weighted by molar-refractivity contribution is 7.94. The summed E-state index contributed by atoms with van der Waals surface area (Å²) < 4.78 is 27.3. The number of benzene rings is 1. The molecule has 2 aromatic heterocycles. The standard InChI is InChI=1S/C19H20N4O3S3/c1-14-4-2-5-15(12-14)22-7-9-23(10-8-22)18(24)16-13-28-19(20-16)21-29(25,26)17-6-3-11-27-17/h2-6,11-13H,7-10H2,1H3,(H,20,21). The van der Waals surface area contributed by atoms with E-state index in [0.717, 1.165) is 41.5 Å². The van der Waals surface area contributed by atoms with Crippen LogP contribution in [0.15, 0.2) is 51.4 Å². The lowest BCUT2D eigenvalue weighted by Crippen LogP contribution is -2.48. The lowest BCUT2D eigenvalue weighted by Gasteiger charge is -2.36. The van der Waals surface area contributed by atoms with Crippen LogP contribution in [0.1, 0.15) is 16.1 Å². The molecule has 0 bridgehead atoms. The first kappa shape index (κ1) is 19.9. The van der Waals surface area contributed by atoms with E-state index in [-0.39, 0.29) is 20.9 Å². The number of thiophene rings is 1. The first-order valence-corrected chi connectivity index (χ1v) is 12.3. The molecule has 1 N–H and O–H groups in total. The first-order valence-electron chi connectivity index (χ1n) is 9.05. The summed E-state index contributed by atoms with van der Waals surface area (Å²) in [6.45, 7) is 4.76. The van der Waals surface area contributed by atoms with Gasteiger partial charge in [0.1, 0.15) is 9.90 Å².